The molecule has 4 rings (SSSR count). The van der Waals surface area contributed by atoms with Gasteiger partial charge in [0.25, 0.3) is 5.56 Å². The number of aromatic amines is 1. The molecule has 3 heterocycles. The maximum atomic E-state index is 12.2. The van der Waals surface area contributed by atoms with Crippen LogP contribution in [0.5, 0.6) is 0 Å². The van der Waals surface area contributed by atoms with E-state index >= 15 is 0 Å². The van der Waals surface area contributed by atoms with E-state index in [0.29, 0.717) is 5.13 Å². The van der Waals surface area contributed by atoms with E-state index in [1.165, 1.54) is 39.5 Å². The molecule has 118 valence electrons. The van der Waals surface area contributed by atoms with Crippen LogP contribution in [0.25, 0.3) is 16.8 Å². The van der Waals surface area contributed by atoms with Gasteiger partial charge >= 0.3 is 0 Å². The molecule has 0 spiro atoms. The van der Waals surface area contributed by atoms with Gasteiger partial charge in [0.05, 0.1) is 5.22 Å². The number of hydrogen-bond donors (Lipinski definition) is 2. The van der Waals surface area contributed by atoms with E-state index in [1.807, 2.05) is 16.8 Å². The molecule has 0 saturated heterocycles. The summed E-state index contributed by atoms with van der Waals surface area (Å²) in [5.74, 6) is -0.0682. The van der Waals surface area contributed by atoms with Crippen LogP contribution in [0.3, 0.4) is 0 Å². The summed E-state index contributed by atoms with van der Waals surface area (Å²) in [6.07, 6.45) is 8.01. The van der Waals surface area contributed by atoms with Crippen LogP contribution in [-0.4, -0.2) is 20.5 Å². The molecule has 1 aromatic heterocycles. The van der Waals surface area contributed by atoms with Crippen molar-refractivity contribution in [3.05, 3.63) is 72.4 Å². The van der Waals surface area contributed by atoms with E-state index in [9.17, 15) is 9.59 Å². The Hall–Kier alpha value is -2.84. The fraction of sp³-hybridized carbons (Fsp3) is 0. The minimum atomic E-state index is -0.428. The van der Waals surface area contributed by atoms with Gasteiger partial charge in [0, 0.05) is 5.57 Å². The lowest BCUT2D eigenvalue weighted by molar-refractivity contribution is -0.110. The number of nitrogens with one attached hydrogen (secondary N) is 2. The van der Waals surface area contributed by atoms with Crippen molar-refractivity contribution in [2.75, 3.05) is 0 Å². The fourth-order valence-corrected chi connectivity index (χ4v) is 3.83. The molecular weight excluding hydrogens is 344 g/mol. The molecule has 0 saturated carbocycles. The van der Waals surface area contributed by atoms with Crippen LogP contribution in [0.1, 0.15) is 5.56 Å². The zero-order chi connectivity index (χ0) is 16.7. The Labute approximate surface area is 142 Å². The summed E-state index contributed by atoms with van der Waals surface area (Å²) >= 11 is 2.79. The van der Waals surface area contributed by atoms with Crippen LogP contribution in [0.2, 0.25) is 0 Å². The first kappa shape index (κ1) is 14.7. The first-order chi connectivity index (χ1) is 11.6. The molecule has 0 aromatic carbocycles. The van der Waals surface area contributed by atoms with Crippen molar-refractivity contribution in [2.24, 2.45) is 0 Å². The SMILES string of the molecule is N=c1c(=Cc2ccsc2)c(=O)nc2sc(=C3C=CC(=O)C=C3)[nH]n1-2. The minimum Gasteiger partial charge on any atom is -0.290 e. The summed E-state index contributed by atoms with van der Waals surface area (Å²) in [5, 5.41) is 15.8. The van der Waals surface area contributed by atoms with E-state index in [2.05, 4.69) is 10.1 Å². The van der Waals surface area contributed by atoms with E-state index in [4.69, 9.17) is 5.41 Å². The third-order valence-electron chi connectivity index (χ3n) is 3.48. The quantitative estimate of drug-likeness (QED) is 0.657. The van der Waals surface area contributed by atoms with Gasteiger partial charge in [-0.1, -0.05) is 11.3 Å². The average Bonchev–Trinajstić information content (AvgIpc) is 3.21. The Morgan fingerprint density at radius 3 is 2.71 bits per heavy atom. The Morgan fingerprint density at radius 1 is 1.21 bits per heavy atom. The van der Waals surface area contributed by atoms with E-state index in [1.54, 1.807) is 18.2 Å². The number of carbonyl (C=O) groups excluding carboxylic acids is 1. The molecule has 3 aliphatic rings. The molecule has 0 amide bonds. The molecule has 0 fully saturated rings. The zero-order valence-electron chi connectivity index (χ0n) is 12.1. The van der Waals surface area contributed by atoms with Crippen molar-refractivity contribution in [3.8, 4) is 5.13 Å². The highest BCUT2D eigenvalue weighted by molar-refractivity contribution is 7.11. The highest BCUT2D eigenvalue weighted by Gasteiger charge is 2.11. The monoisotopic (exact) mass is 354 g/mol. The van der Waals surface area contributed by atoms with Gasteiger partial charge < -0.3 is 0 Å². The van der Waals surface area contributed by atoms with Crippen LogP contribution in [0.15, 0.2) is 45.9 Å². The zero-order valence-corrected chi connectivity index (χ0v) is 13.8. The Morgan fingerprint density at radius 2 is 2.00 bits per heavy atom. The fourth-order valence-electron chi connectivity index (χ4n) is 2.29. The summed E-state index contributed by atoms with van der Waals surface area (Å²) in [6, 6.07) is 1.88. The molecule has 2 aliphatic heterocycles. The first-order valence-electron chi connectivity index (χ1n) is 6.97. The molecule has 0 radical (unpaired) electrons. The number of aromatic nitrogens is 3. The number of H-pyrrole nitrogens is 1. The number of hydrogen-bond acceptors (Lipinski definition) is 6. The lowest BCUT2D eigenvalue weighted by Crippen LogP contribution is -2.47. The Balaban J connectivity index is 2.01. The van der Waals surface area contributed by atoms with Gasteiger partial charge in [0.1, 0.15) is 4.66 Å². The largest absolute Gasteiger partial charge is 0.290 e. The number of fused-ring (bicyclic) bond motifs is 1. The lowest BCUT2D eigenvalue weighted by atomic mass is 10.1. The van der Waals surface area contributed by atoms with E-state index in [0.717, 1.165) is 15.8 Å². The smallest absolute Gasteiger partial charge is 0.283 e. The van der Waals surface area contributed by atoms with Crippen LogP contribution >= 0.6 is 22.7 Å². The van der Waals surface area contributed by atoms with Crippen molar-refractivity contribution in [3.63, 3.8) is 0 Å². The molecule has 8 heteroatoms. The number of carbonyl (C=O) groups is 1. The molecule has 2 N–H and O–H groups in total. The second-order valence-corrected chi connectivity index (χ2v) is 6.82. The van der Waals surface area contributed by atoms with Gasteiger partial charge in [-0.05, 0) is 52.8 Å². The summed E-state index contributed by atoms with van der Waals surface area (Å²) in [4.78, 5) is 27.5. The summed E-state index contributed by atoms with van der Waals surface area (Å²) < 4.78 is 2.20. The average molecular weight is 354 g/mol. The van der Waals surface area contributed by atoms with Gasteiger partial charge in [-0.2, -0.15) is 16.3 Å². The molecule has 1 aromatic rings. The number of allylic oxidation sites excluding steroid dienone is 4. The molecule has 0 bridgehead atoms. The highest BCUT2D eigenvalue weighted by Crippen LogP contribution is 2.09. The number of nitrogens with zero attached hydrogens (tertiary/aromatic N) is 2. The highest BCUT2D eigenvalue weighted by atomic mass is 32.1. The topological polar surface area (TPSA) is 91.6 Å². The summed E-state index contributed by atoms with van der Waals surface area (Å²) in [7, 11) is 0. The van der Waals surface area contributed by atoms with Gasteiger partial charge in [-0.3, -0.25) is 20.1 Å². The molecule has 6 nitrogen and oxygen atoms in total. The predicted molar refractivity (Wildman–Crippen MR) is 92.9 cm³/mol. The van der Waals surface area contributed by atoms with Gasteiger partial charge in [-0.15, -0.1) is 0 Å². The molecule has 1 aliphatic carbocycles. The maximum absolute atomic E-state index is 12.2. The Bertz CT molecular complexity index is 1190. The van der Waals surface area contributed by atoms with Crippen molar-refractivity contribution < 1.29 is 4.79 Å². The molecule has 0 atom stereocenters. The third kappa shape index (κ3) is 2.51. The van der Waals surface area contributed by atoms with E-state index in [-0.39, 0.29) is 16.5 Å². The van der Waals surface area contributed by atoms with Gasteiger partial charge in [0.15, 0.2) is 11.3 Å². The normalized spacial score (nSPS) is 14.9. The van der Waals surface area contributed by atoms with Gasteiger partial charge in [0.2, 0.25) is 5.13 Å². The molecule has 24 heavy (non-hydrogen) atoms. The Kier molecular flexibility index (Phi) is 3.47. The van der Waals surface area contributed by atoms with Crippen LogP contribution in [0, 0.1) is 5.41 Å². The van der Waals surface area contributed by atoms with Crippen LogP contribution in [0.4, 0.5) is 0 Å². The van der Waals surface area contributed by atoms with Crippen molar-refractivity contribution >= 4 is 40.1 Å². The van der Waals surface area contributed by atoms with Crippen molar-refractivity contribution in [2.45, 2.75) is 0 Å². The number of rotatable bonds is 1. The number of thiophene rings is 1. The van der Waals surface area contributed by atoms with E-state index < -0.39 is 5.56 Å². The molecular formula is C16H10N4O2S2. The van der Waals surface area contributed by atoms with Crippen LogP contribution < -0.4 is 20.9 Å². The molecule has 0 unspecified atom stereocenters. The maximum Gasteiger partial charge on any atom is 0.283 e. The van der Waals surface area contributed by atoms with Crippen LogP contribution in [-0.2, 0) is 4.79 Å². The summed E-state index contributed by atoms with van der Waals surface area (Å²) in [6.45, 7) is 0. The minimum absolute atomic E-state index is 0.0548. The summed E-state index contributed by atoms with van der Waals surface area (Å²) in [5.41, 5.74) is 1.30. The standard InChI is InChI=1S/C16H10N4O2S2/c17-13-12(7-9-5-6-23-8-9)14(22)18-16-20(13)19-15(24-16)10-1-3-11(21)4-2-10/h1-8,17,19H. The predicted octanol–water partition coefficient (Wildman–Crippen LogP) is 0.275. The second kappa shape index (κ2) is 5.66. The van der Waals surface area contributed by atoms with Crippen molar-refractivity contribution in [1.82, 2.24) is 14.8 Å². The number of ketones is 1. The van der Waals surface area contributed by atoms with Crippen molar-refractivity contribution in [1.29, 1.82) is 5.41 Å². The lowest BCUT2D eigenvalue weighted by Gasteiger charge is -1.99. The second-order valence-electron chi connectivity index (χ2n) is 5.07. The third-order valence-corrected chi connectivity index (χ3v) is 5.16. The van der Waals surface area contributed by atoms with Gasteiger partial charge in [-0.25, -0.2) is 4.68 Å². The first-order valence-corrected chi connectivity index (χ1v) is 8.72.